The summed E-state index contributed by atoms with van der Waals surface area (Å²) in [5, 5.41) is 13.3. The molecule has 1 N–H and O–H groups in total. The Morgan fingerprint density at radius 3 is 3.05 bits per heavy atom. The van der Waals surface area contributed by atoms with E-state index >= 15 is 0 Å². The van der Waals surface area contributed by atoms with E-state index in [9.17, 15) is 5.11 Å². The topological polar surface area (TPSA) is 49.2 Å². The molecule has 0 radical (unpaired) electrons. The van der Waals surface area contributed by atoms with E-state index in [-0.39, 0.29) is 6.10 Å². The number of aryl methyl sites for hydroxylation is 1. The molecule has 1 fully saturated rings. The number of aliphatic hydroxyl groups excluding tert-OH is 1. The lowest BCUT2D eigenvalue weighted by atomic mass is 9.96. The summed E-state index contributed by atoms with van der Waals surface area (Å²) in [6, 6.07) is 2.08. The van der Waals surface area contributed by atoms with E-state index in [1.54, 1.807) is 11.3 Å². The van der Waals surface area contributed by atoms with E-state index in [4.69, 9.17) is 0 Å². The average Bonchev–Trinajstić information content (AvgIpc) is 2.89. The largest absolute Gasteiger partial charge is 0.391 e. The molecule has 1 aliphatic heterocycles. The van der Waals surface area contributed by atoms with Crippen LogP contribution in [0.15, 0.2) is 11.4 Å². The van der Waals surface area contributed by atoms with Gasteiger partial charge >= 0.3 is 0 Å². The van der Waals surface area contributed by atoms with Crippen LogP contribution in [0.4, 0.5) is 5.82 Å². The minimum absolute atomic E-state index is 0.262. The lowest BCUT2D eigenvalue weighted by molar-refractivity contribution is 0.102. The van der Waals surface area contributed by atoms with Gasteiger partial charge in [0.25, 0.3) is 0 Å². The maximum atomic E-state index is 10.1. The molecule has 4 nitrogen and oxygen atoms in total. The van der Waals surface area contributed by atoms with Crippen LogP contribution < -0.4 is 4.90 Å². The second kappa shape index (κ2) is 5.06. The molecule has 0 saturated carbocycles. The van der Waals surface area contributed by atoms with Crippen LogP contribution in [0, 0.1) is 5.92 Å². The van der Waals surface area contributed by atoms with Crippen molar-refractivity contribution in [1.29, 1.82) is 0 Å². The molecule has 0 bridgehead atoms. The van der Waals surface area contributed by atoms with Crippen LogP contribution >= 0.6 is 11.3 Å². The molecule has 1 aliphatic rings. The Labute approximate surface area is 117 Å². The predicted molar refractivity (Wildman–Crippen MR) is 78.8 cm³/mol. The molecule has 1 saturated heterocycles. The molecule has 3 heterocycles. The average molecular weight is 277 g/mol. The third-order valence-corrected chi connectivity index (χ3v) is 4.69. The van der Waals surface area contributed by atoms with Gasteiger partial charge < -0.3 is 10.0 Å². The molecule has 3 rings (SSSR count). The van der Waals surface area contributed by atoms with E-state index in [1.807, 2.05) is 0 Å². The Hall–Kier alpha value is -1.20. The van der Waals surface area contributed by atoms with Gasteiger partial charge in [-0.15, -0.1) is 11.3 Å². The molecule has 102 valence electrons. The molecule has 2 aromatic rings. The SMILES string of the molecule is CCc1nc(N2CCC(C)C(O)C2)c2ccsc2n1. The number of thiophene rings is 1. The molecule has 2 aromatic heterocycles. The predicted octanol–water partition coefficient (Wildman–Crippen LogP) is 2.46. The standard InChI is InChI=1S/C14H19N3OS/c1-3-12-15-13(10-5-7-19-14(10)16-12)17-6-4-9(2)11(18)8-17/h5,7,9,11,18H,3-4,6,8H2,1-2H3. The summed E-state index contributed by atoms with van der Waals surface area (Å²) >= 11 is 1.66. The van der Waals surface area contributed by atoms with Crippen LogP contribution in [-0.4, -0.2) is 34.3 Å². The minimum Gasteiger partial charge on any atom is -0.391 e. The van der Waals surface area contributed by atoms with Gasteiger partial charge in [0.1, 0.15) is 16.5 Å². The lowest BCUT2D eigenvalue weighted by Gasteiger charge is -2.35. The maximum absolute atomic E-state index is 10.1. The van der Waals surface area contributed by atoms with Crippen LogP contribution in [0.2, 0.25) is 0 Å². The molecule has 0 amide bonds. The number of aliphatic hydroxyl groups is 1. The fourth-order valence-corrected chi connectivity index (χ4v) is 3.30. The summed E-state index contributed by atoms with van der Waals surface area (Å²) < 4.78 is 0. The first-order chi connectivity index (χ1) is 9.19. The van der Waals surface area contributed by atoms with Gasteiger partial charge in [0, 0.05) is 19.5 Å². The summed E-state index contributed by atoms with van der Waals surface area (Å²) in [5.74, 6) is 2.26. The molecular weight excluding hydrogens is 258 g/mol. The van der Waals surface area contributed by atoms with Gasteiger partial charge in [-0.25, -0.2) is 9.97 Å². The number of β-amino-alcohol motifs (C(OH)–C–C–N with tert-alkyl or cyclic N) is 1. The van der Waals surface area contributed by atoms with Crippen molar-refractivity contribution in [3.8, 4) is 0 Å². The number of nitrogens with zero attached hydrogens (tertiary/aromatic N) is 3. The highest BCUT2D eigenvalue weighted by Crippen LogP contribution is 2.30. The Morgan fingerprint density at radius 1 is 1.47 bits per heavy atom. The van der Waals surface area contributed by atoms with Crippen molar-refractivity contribution in [2.45, 2.75) is 32.8 Å². The fourth-order valence-electron chi connectivity index (χ4n) is 2.52. The zero-order valence-electron chi connectivity index (χ0n) is 11.3. The highest BCUT2D eigenvalue weighted by molar-refractivity contribution is 7.16. The van der Waals surface area contributed by atoms with Crippen molar-refractivity contribution < 1.29 is 5.11 Å². The van der Waals surface area contributed by atoms with E-state index in [0.29, 0.717) is 12.5 Å². The summed E-state index contributed by atoms with van der Waals surface area (Å²) in [7, 11) is 0. The number of anilines is 1. The monoisotopic (exact) mass is 277 g/mol. The second-order valence-corrected chi connectivity index (χ2v) is 6.13. The number of hydrogen-bond acceptors (Lipinski definition) is 5. The number of aromatic nitrogens is 2. The van der Waals surface area contributed by atoms with Crippen LogP contribution in [0.1, 0.15) is 26.1 Å². The van der Waals surface area contributed by atoms with E-state index in [2.05, 4.69) is 40.2 Å². The molecule has 5 heteroatoms. The quantitative estimate of drug-likeness (QED) is 0.916. The molecule has 19 heavy (non-hydrogen) atoms. The Bertz CT molecular complexity index is 583. The first-order valence-corrected chi connectivity index (χ1v) is 7.74. The molecule has 2 atom stereocenters. The van der Waals surface area contributed by atoms with Crippen LogP contribution in [0.25, 0.3) is 10.2 Å². The van der Waals surface area contributed by atoms with Gasteiger partial charge in [0.2, 0.25) is 0 Å². The molecule has 0 spiro atoms. The van der Waals surface area contributed by atoms with E-state index in [1.165, 1.54) is 0 Å². The number of piperidine rings is 1. The third kappa shape index (κ3) is 2.32. The molecule has 0 aliphatic carbocycles. The zero-order valence-corrected chi connectivity index (χ0v) is 12.2. The van der Waals surface area contributed by atoms with Gasteiger partial charge in [-0.1, -0.05) is 13.8 Å². The highest BCUT2D eigenvalue weighted by atomic mass is 32.1. The van der Waals surface area contributed by atoms with Crippen LogP contribution in [0.3, 0.4) is 0 Å². The van der Waals surface area contributed by atoms with Crippen LogP contribution in [0.5, 0.6) is 0 Å². The molecular formula is C14H19N3OS. The van der Waals surface area contributed by atoms with Crippen LogP contribution in [-0.2, 0) is 6.42 Å². The molecule has 2 unspecified atom stereocenters. The summed E-state index contributed by atoms with van der Waals surface area (Å²) in [6.45, 7) is 5.82. The smallest absolute Gasteiger partial charge is 0.141 e. The van der Waals surface area contributed by atoms with Gasteiger partial charge in [0.05, 0.1) is 11.5 Å². The van der Waals surface area contributed by atoms with Crippen molar-refractivity contribution in [3.05, 3.63) is 17.3 Å². The van der Waals surface area contributed by atoms with E-state index in [0.717, 1.165) is 41.2 Å². The van der Waals surface area contributed by atoms with Crippen molar-refractivity contribution in [2.24, 2.45) is 5.92 Å². The van der Waals surface area contributed by atoms with Gasteiger partial charge in [-0.05, 0) is 23.8 Å². The summed E-state index contributed by atoms with van der Waals surface area (Å²) in [4.78, 5) is 12.5. The first-order valence-electron chi connectivity index (χ1n) is 6.86. The lowest BCUT2D eigenvalue weighted by Crippen LogP contribution is -2.43. The summed E-state index contributed by atoms with van der Waals surface area (Å²) in [5.41, 5.74) is 0. The van der Waals surface area contributed by atoms with Gasteiger partial charge in [0.15, 0.2) is 0 Å². The Balaban J connectivity index is 2.01. The number of rotatable bonds is 2. The van der Waals surface area contributed by atoms with Crippen molar-refractivity contribution >= 4 is 27.4 Å². The molecule has 0 aromatic carbocycles. The van der Waals surface area contributed by atoms with Gasteiger partial charge in [-0.2, -0.15) is 0 Å². The minimum atomic E-state index is -0.262. The number of fused-ring (bicyclic) bond motifs is 1. The second-order valence-electron chi connectivity index (χ2n) is 5.24. The third-order valence-electron chi connectivity index (χ3n) is 3.89. The highest BCUT2D eigenvalue weighted by Gasteiger charge is 2.26. The Kier molecular flexibility index (Phi) is 3.41. The van der Waals surface area contributed by atoms with Crippen molar-refractivity contribution in [1.82, 2.24) is 9.97 Å². The summed E-state index contributed by atoms with van der Waals surface area (Å²) in [6.07, 6.45) is 1.59. The normalized spacial score (nSPS) is 24.1. The van der Waals surface area contributed by atoms with Gasteiger partial charge in [-0.3, -0.25) is 0 Å². The Morgan fingerprint density at radius 2 is 2.32 bits per heavy atom. The van der Waals surface area contributed by atoms with Crippen molar-refractivity contribution in [2.75, 3.05) is 18.0 Å². The number of hydrogen-bond donors (Lipinski definition) is 1. The fraction of sp³-hybridized carbons (Fsp3) is 0.571. The maximum Gasteiger partial charge on any atom is 0.141 e. The first kappa shape index (κ1) is 12.8. The van der Waals surface area contributed by atoms with E-state index < -0.39 is 0 Å². The zero-order chi connectivity index (χ0) is 13.4. The van der Waals surface area contributed by atoms with Crippen molar-refractivity contribution in [3.63, 3.8) is 0 Å².